The molecule has 0 amide bonds. The van der Waals surface area contributed by atoms with E-state index in [1.165, 1.54) is 45.3 Å². The van der Waals surface area contributed by atoms with Gasteiger partial charge in [-0.2, -0.15) is 0 Å². The maximum absolute atomic E-state index is 9.71. The summed E-state index contributed by atoms with van der Waals surface area (Å²) in [6.45, 7) is 10.4. The van der Waals surface area contributed by atoms with Crippen molar-refractivity contribution in [2.45, 2.75) is 58.6 Å². The van der Waals surface area contributed by atoms with Crippen molar-refractivity contribution in [2.24, 2.45) is 23.7 Å². The topological polar surface area (TPSA) is 35.5 Å². The fourth-order valence-corrected chi connectivity index (χ4v) is 4.47. The summed E-state index contributed by atoms with van der Waals surface area (Å²) < 4.78 is 0. The van der Waals surface area contributed by atoms with Gasteiger partial charge in [0.05, 0.1) is 6.10 Å². The molecule has 2 fully saturated rings. The van der Waals surface area contributed by atoms with Crippen molar-refractivity contribution in [3.63, 3.8) is 0 Å². The molecule has 1 heterocycles. The normalized spacial score (nSPS) is 38.9. The van der Waals surface area contributed by atoms with Crippen molar-refractivity contribution in [1.82, 2.24) is 10.2 Å². The van der Waals surface area contributed by atoms with Crippen molar-refractivity contribution in [2.75, 3.05) is 26.7 Å². The molecule has 5 atom stereocenters. The number of likely N-dealkylation sites (tertiary alicyclic amines) is 1. The van der Waals surface area contributed by atoms with Crippen LogP contribution in [0.5, 0.6) is 0 Å². The van der Waals surface area contributed by atoms with E-state index < -0.39 is 0 Å². The fourth-order valence-electron chi connectivity index (χ4n) is 4.47. The molecule has 0 bridgehead atoms. The molecule has 2 rings (SSSR count). The van der Waals surface area contributed by atoms with Gasteiger partial charge in [-0.25, -0.2) is 0 Å². The lowest BCUT2D eigenvalue weighted by molar-refractivity contribution is 0.0478. The van der Waals surface area contributed by atoms with Crippen LogP contribution in [0, 0.1) is 23.7 Å². The second kappa shape index (κ2) is 7.24. The third-order valence-corrected chi connectivity index (χ3v) is 5.83. The predicted octanol–water partition coefficient (Wildman–Crippen LogP) is 2.35. The van der Waals surface area contributed by atoms with Gasteiger partial charge in [-0.15, -0.1) is 0 Å². The van der Waals surface area contributed by atoms with Crippen LogP contribution >= 0.6 is 0 Å². The average molecular weight is 282 g/mol. The van der Waals surface area contributed by atoms with Crippen LogP contribution in [0.4, 0.5) is 0 Å². The molecule has 0 aromatic heterocycles. The third-order valence-electron chi connectivity index (χ3n) is 5.83. The first-order valence-corrected chi connectivity index (χ1v) is 8.59. The Hall–Kier alpha value is -0.120. The van der Waals surface area contributed by atoms with Crippen LogP contribution in [0.2, 0.25) is 0 Å². The SMILES string of the molecule is CNC1CC(C)CC(C)C1CN1CCC(C(C)O)CC1. The Balaban J connectivity index is 1.86. The minimum Gasteiger partial charge on any atom is -0.393 e. The molecule has 0 radical (unpaired) electrons. The summed E-state index contributed by atoms with van der Waals surface area (Å²) in [5.74, 6) is 3.00. The summed E-state index contributed by atoms with van der Waals surface area (Å²) in [6.07, 6.45) is 4.91. The second-order valence-electron chi connectivity index (χ2n) is 7.49. The van der Waals surface area contributed by atoms with Crippen LogP contribution in [0.3, 0.4) is 0 Å². The van der Waals surface area contributed by atoms with E-state index in [9.17, 15) is 5.11 Å². The first-order valence-electron chi connectivity index (χ1n) is 8.59. The maximum atomic E-state index is 9.71. The molecule has 2 N–H and O–H groups in total. The highest BCUT2D eigenvalue weighted by molar-refractivity contribution is 4.89. The van der Waals surface area contributed by atoms with E-state index in [4.69, 9.17) is 0 Å². The average Bonchev–Trinajstić information content (AvgIpc) is 2.42. The molecule has 2 aliphatic rings. The lowest BCUT2D eigenvalue weighted by Crippen LogP contribution is -2.49. The molecule has 20 heavy (non-hydrogen) atoms. The van der Waals surface area contributed by atoms with Crippen molar-refractivity contribution in [3.05, 3.63) is 0 Å². The first kappa shape index (κ1) is 16.3. The first-order chi connectivity index (χ1) is 9.51. The Morgan fingerprint density at radius 3 is 2.40 bits per heavy atom. The zero-order valence-corrected chi connectivity index (χ0v) is 13.8. The Kier molecular flexibility index (Phi) is 5.88. The largest absolute Gasteiger partial charge is 0.393 e. The van der Waals surface area contributed by atoms with E-state index in [1.54, 1.807) is 0 Å². The molecule has 3 nitrogen and oxygen atoms in total. The van der Waals surface area contributed by atoms with Crippen LogP contribution < -0.4 is 5.32 Å². The van der Waals surface area contributed by atoms with Gasteiger partial charge < -0.3 is 15.3 Å². The van der Waals surface area contributed by atoms with Crippen LogP contribution in [0.1, 0.15) is 46.5 Å². The number of hydrogen-bond donors (Lipinski definition) is 2. The van der Waals surface area contributed by atoms with Crippen molar-refractivity contribution in [1.29, 1.82) is 0 Å². The zero-order valence-electron chi connectivity index (χ0n) is 13.8. The summed E-state index contributed by atoms with van der Waals surface area (Å²) in [4.78, 5) is 2.64. The van der Waals surface area contributed by atoms with Gasteiger partial charge >= 0.3 is 0 Å². The zero-order chi connectivity index (χ0) is 14.7. The number of aliphatic hydroxyl groups is 1. The highest BCUT2D eigenvalue weighted by atomic mass is 16.3. The molecule has 1 saturated carbocycles. The Morgan fingerprint density at radius 2 is 1.85 bits per heavy atom. The minimum absolute atomic E-state index is 0.128. The van der Waals surface area contributed by atoms with E-state index in [2.05, 4.69) is 31.1 Å². The number of aliphatic hydroxyl groups excluding tert-OH is 1. The van der Waals surface area contributed by atoms with Gasteiger partial charge in [0.15, 0.2) is 0 Å². The molecule has 5 unspecified atom stereocenters. The van der Waals surface area contributed by atoms with Crippen LogP contribution in [-0.4, -0.2) is 48.8 Å². The van der Waals surface area contributed by atoms with Crippen molar-refractivity contribution >= 4 is 0 Å². The van der Waals surface area contributed by atoms with Gasteiger partial charge in [0.25, 0.3) is 0 Å². The number of piperidine rings is 1. The van der Waals surface area contributed by atoms with Gasteiger partial charge in [0.2, 0.25) is 0 Å². The molecule has 0 spiro atoms. The van der Waals surface area contributed by atoms with E-state index in [1.807, 2.05) is 6.92 Å². The number of rotatable bonds is 4. The summed E-state index contributed by atoms with van der Waals surface area (Å²) in [6, 6.07) is 0.684. The van der Waals surface area contributed by atoms with Gasteiger partial charge in [-0.3, -0.25) is 0 Å². The summed E-state index contributed by atoms with van der Waals surface area (Å²) in [7, 11) is 2.13. The maximum Gasteiger partial charge on any atom is 0.0541 e. The molecule has 0 aromatic carbocycles. The molecule has 1 saturated heterocycles. The van der Waals surface area contributed by atoms with Gasteiger partial charge in [-0.1, -0.05) is 13.8 Å². The number of nitrogens with one attached hydrogen (secondary N) is 1. The molecule has 0 aromatic rings. The van der Waals surface area contributed by atoms with Gasteiger partial charge in [-0.05, 0) is 76.4 Å². The molecule has 118 valence electrons. The highest BCUT2D eigenvalue weighted by Gasteiger charge is 2.35. The summed E-state index contributed by atoms with van der Waals surface area (Å²) >= 11 is 0. The molecular weight excluding hydrogens is 248 g/mol. The number of nitrogens with zero attached hydrogens (tertiary/aromatic N) is 1. The van der Waals surface area contributed by atoms with E-state index >= 15 is 0 Å². The molecule has 3 heteroatoms. The Morgan fingerprint density at radius 1 is 1.20 bits per heavy atom. The summed E-state index contributed by atoms with van der Waals surface area (Å²) in [5, 5.41) is 13.3. The fraction of sp³-hybridized carbons (Fsp3) is 1.00. The highest BCUT2D eigenvalue weighted by Crippen LogP contribution is 2.35. The quantitative estimate of drug-likeness (QED) is 0.831. The van der Waals surface area contributed by atoms with E-state index in [-0.39, 0.29) is 6.10 Å². The van der Waals surface area contributed by atoms with Crippen LogP contribution in [-0.2, 0) is 0 Å². The third kappa shape index (κ3) is 3.96. The van der Waals surface area contributed by atoms with Crippen molar-refractivity contribution < 1.29 is 5.11 Å². The molecule has 1 aliphatic heterocycles. The lowest BCUT2D eigenvalue weighted by atomic mass is 9.72. The number of hydrogen-bond acceptors (Lipinski definition) is 3. The summed E-state index contributed by atoms with van der Waals surface area (Å²) in [5.41, 5.74) is 0. The minimum atomic E-state index is -0.128. The monoisotopic (exact) mass is 282 g/mol. The van der Waals surface area contributed by atoms with Crippen molar-refractivity contribution in [3.8, 4) is 0 Å². The smallest absolute Gasteiger partial charge is 0.0541 e. The van der Waals surface area contributed by atoms with Gasteiger partial charge in [0.1, 0.15) is 0 Å². The Bertz CT molecular complexity index is 287. The van der Waals surface area contributed by atoms with Crippen LogP contribution in [0.25, 0.3) is 0 Å². The standard InChI is InChI=1S/C17H34N2O/c1-12-9-13(2)16(17(10-12)18-4)11-19-7-5-15(6-8-19)14(3)20/h12-18,20H,5-11H2,1-4H3. The molecular formula is C17H34N2O. The predicted molar refractivity (Wildman–Crippen MR) is 84.7 cm³/mol. The second-order valence-corrected chi connectivity index (χ2v) is 7.49. The van der Waals surface area contributed by atoms with Crippen LogP contribution in [0.15, 0.2) is 0 Å². The molecule has 1 aliphatic carbocycles. The van der Waals surface area contributed by atoms with Gasteiger partial charge in [0, 0.05) is 12.6 Å². The Labute approximate surface area is 125 Å². The van der Waals surface area contributed by atoms with E-state index in [0.29, 0.717) is 12.0 Å². The lowest BCUT2D eigenvalue weighted by Gasteiger charge is -2.43. The van der Waals surface area contributed by atoms with E-state index in [0.717, 1.165) is 17.8 Å².